The van der Waals surface area contributed by atoms with Gasteiger partial charge in [0.2, 0.25) is 0 Å². The van der Waals surface area contributed by atoms with E-state index in [1.807, 2.05) is 0 Å². The summed E-state index contributed by atoms with van der Waals surface area (Å²) >= 11 is 0. The van der Waals surface area contributed by atoms with Crippen molar-refractivity contribution in [2.24, 2.45) is 5.92 Å². The van der Waals surface area contributed by atoms with Gasteiger partial charge in [0.1, 0.15) is 0 Å². The third-order valence-electron chi connectivity index (χ3n) is 4.38. The van der Waals surface area contributed by atoms with Crippen LogP contribution in [0.4, 0.5) is 0 Å². The van der Waals surface area contributed by atoms with Crippen molar-refractivity contribution in [3.8, 4) is 0 Å². The van der Waals surface area contributed by atoms with E-state index in [0.717, 1.165) is 32.3 Å². The first-order valence-corrected chi connectivity index (χ1v) is 6.70. The van der Waals surface area contributed by atoms with E-state index in [2.05, 4.69) is 26.5 Å². The molecular formula is C15H22O2. The lowest BCUT2D eigenvalue weighted by Gasteiger charge is -2.29. The fourth-order valence-electron chi connectivity index (χ4n) is 3.09. The number of epoxide rings is 2. The van der Waals surface area contributed by atoms with Crippen LogP contribution in [0.3, 0.4) is 0 Å². The summed E-state index contributed by atoms with van der Waals surface area (Å²) in [7, 11) is 0. The number of hydrogen-bond donors (Lipinski definition) is 0. The van der Waals surface area contributed by atoms with Crippen molar-refractivity contribution >= 4 is 0 Å². The Morgan fingerprint density at radius 3 is 2.94 bits per heavy atom. The highest BCUT2D eigenvalue weighted by molar-refractivity contribution is 5.17. The highest BCUT2D eigenvalue weighted by Crippen LogP contribution is 2.53. The average molecular weight is 234 g/mol. The Bertz CT molecular complexity index is 361. The zero-order chi connectivity index (χ0) is 12.0. The van der Waals surface area contributed by atoms with Crippen LogP contribution in [0.25, 0.3) is 0 Å². The van der Waals surface area contributed by atoms with E-state index in [1.54, 1.807) is 0 Å². The molecule has 0 N–H and O–H groups in total. The summed E-state index contributed by atoms with van der Waals surface area (Å²) < 4.78 is 11.6. The van der Waals surface area contributed by atoms with Crippen LogP contribution in [0, 0.1) is 5.92 Å². The molecule has 0 bridgehead atoms. The van der Waals surface area contributed by atoms with Gasteiger partial charge in [-0.15, -0.1) is 0 Å². The van der Waals surface area contributed by atoms with Crippen LogP contribution in [0.5, 0.6) is 0 Å². The van der Waals surface area contributed by atoms with Crippen molar-refractivity contribution in [2.45, 2.75) is 57.3 Å². The molecule has 0 aromatic heterocycles. The minimum Gasteiger partial charge on any atom is -0.369 e. The fourth-order valence-corrected chi connectivity index (χ4v) is 3.09. The number of hydrogen-bond acceptors (Lipinski definition) is 2. The molecule has 2 saturated heterocycles. The van der Waals surface area contributed by atoms with Gasteiger partial charge in [-0.2, -0.15) is 0 Å². The number of rotatable bonds is 3. The van der Waals surface area contributed by atoms with Crippen LogP contribution in [-0.4, -0.2) is 24.4 Å². The van der Waals surface area contributed by atoms with Crippen LogP contribution >= 0.6 is 0 Å². The summed E-state index contributed by atoms with van der Waals surface area (Å²) in [5.74, 6) is 0.569. The lowest BCUT2D eigenvalue weighted by molar-refractivity contribution is 0.150. The molecule has 2 heterocycles. The SMILES string of the molecule is C=C1CCC2(CO2)C([C@H]2O[C@@H]2CC=C(C)C)C1. The molecule has 2 heteroatoms. The average Bonchev–Trinajstić information content (AvgIpc) is 3.17. The zero-order valence-electron chi connectivity index (χ0n) is 10.9. The van der Waals surface area contributed by atoms with Gasteiger partial charge in [0.15, 0.2) is 0 Å². The predicted molar refractivity (Wildman–Crippen MR) is 67.9 cm³/mol. The van der Waals surface area contributed by atoms with Crippen LogP contribution in [-0.2, 0) is 9.47 Å². The topological polar surface area (TPSA) is 25.1 Å². The minimum absolute atomic E-state index is 0.172. The maximum absolute atomic E-state index is 5.87. The second-order valence-electron chi connectivity index (χ2n) is 6.07. The van der Waals surface area contributed by atoms with Gasteiger partial charge in [-0.1, -0.05) is 23.8 Å². The van der Waals surface area contributed by atoms with E-state index >= 15 is 0 Å². The van der Waals surface area contributed by atoms with Gasteiger partial charge in [0.05, 0.1) is 24.4 Å². The molecule has 17 heavy (non-hydrogen) atoms. The maximum atomic E-state index is 5.87. The Morgan fingerprint density at radius 2 is 2.29 bits per heavy atom. The maximum Gasteiger partial charge on any atom is 0.0976 e. The molecule has 94 valence electrons. The predicted octanol–water partition coefficient (Wildman–Crippen LogP) is 3.24. The van der Waals surface area contributed by atoms with E-state index in [9.17, 15) is 0 Å². The van der Waals surface area contributed by atoms with Crippen molar-refractivity contribution < 1.29 is 9.47 Å². The van der Waals surface area contributed by atoms with E-state index < -0.39 is 0 Å². The monoisotopic (exact) mass is 234 g/mol. The summed E-state index contributed by atoms with van der Waals surface area (Å²) in [5.41, 5.74) is 2.93. The third kappa shape index (κ3) is 2.21. The molecule has 1 aliphatic carbocycles. The fraction of sp³-hybridized carbons (Fsp3) is 0.733. The van der Waals surface area contributed by atoms with Crippen LogP contribution in [0.15, 0.2) is 23.8 Å². The van der Waals surface area contributed by atoms with Gasteiger partial charge in [-0.05, 0) is 39.5 Å². The summed E-state index contributed by atoms with van der Waals surface area (Å²) in [6.45, 7) is 9.38. The van der Waals surface area contributed by atoms with Gasteiger partial charge in [0.25, 0.3) is 0 Å². The summed E-state index contributed by atoms with van der Waals surface area (Å²) in [5, 5.41) is 0. The standard InChI is InChI=1S/C15H22O2/c1-10(2)4-5-13-14(17-13)12-8-11(3)6-7-15(12)9-16-15/h4,12-14H,3,5-9H2,1-2H3/t12?,13-,14-,15?/m1/s1. The molecular weight excluding hydrogens is 212 g/mol. The Morgan fingerprint density at radius 1 is 1.53 bits per heavy atom. The molecule has 3 rings (SSSR count). The Balaban J connectivity index is 1.61. The van der Waals surface area contributed by atoms with Crippen LogP contribution in [0.2, 0.25) is 0 Å². The molecule has 2 aliphatic heterocycles. The van der Waals surface area contributed by atoms with E-state index in [4.69, 9.17) is 9.47 Å². The van der Waals surface area contributed by atoms with Gasteiger partial charge in [0, 0.05) is 5.92 Å². The lowest BCUT2D eigenvalue weighted by atomic mass is 9.74. The molecule has 3 fully saturated rings. The van der Waals surface area contributed by atoms with Crippen molar-refractivity contribution in [2.75, 3.05) is 6.61 Å². The second-order valence-corrected chi connectivity index (χ2v) is 6.07. The highest BCUT2D eigenvalue weighted by atomic mass is 16.6. The quantitative estimate of drug-likeness (QED) is 0.553. The molecule has 1 spiro atoms. The molecule has 4 atom stereocenters. The Hall–Kier alpha value is -0.600. The van der Waals surface area contributed by atoms with Gasteiger partial charge in [-0.25, -0.2) is 0 Å². The van der Waals surface area contributed by atoms with Gasteiger partial charge in [-0.3, -0.25) is 0 Å². The first-order valence-electron chi connectivity index (χ1n) is 6.70. The second kappa shape index (κ2) is 3.96. The number of ether oxygens (including phenoxy) is 2. The van der Waals surface area contributed by atoms with Gasteiger partial charge >= 0.3 is 0 Å². The zero-order valence-corrected chi connectivity index (χ0v) is 10.9. The molecule has 2 nitrogen and oxygen atoms in total. The Kier molecular flexibility index (Phi) is 2.68. The molecule has 0 amide bonds. The molecule has 1 saturated carbocycles. The molecule has 0 radical (unpaired) electrons. The van der Waals surface area contributed by atoms with E-state index in [-0.39, 0.29) is 5.60 Å². The summed E-state index contributed by atoms with van der Waals surface area (Å²) in [4.78, 5) is 0. The number of allylic oxidation sites excluding steroid dienone is 2. The first kappa shape index (κ1) is 11.5. The van der Waals surface area contributed by atoms with Crippen LogP contribution in [0.1, 0.15) is 39.5 Å². The van der Waals surface area contributed by atoms with Gasteiger partial charge < -0.3 is 9.47 Å². The largest absolute Gasteiger partial charge is 0.369 e. The minimum atomic E-state index is 0.172. The molecule has 2 unspecified atom stereocenters. The summed E-state index contributed by atoms with van der Waals surface area (Å²) in [6, 6.07) is 0. The molecule has 3 aliphatic rings. The van der Waals surface area contributed by atoms with Crippen molar-refractivity contribution in [1.82, 2.24) is 0 Å². The van der Waals surface area contributed by atoms with Crippen molar-refractivity contribution in [3.63, 3.8) is 0 Å². The van der Waals surface area contributed by atoms with Crippen LogP contribution < -0.4 is 0 Å². The lowest BCUT2D eigenvalue weighted by Crippen LogP contribution is -2.33. The van der Waals surface area contributed by atoms with E-state index in [0.29, 0.717) is 18.1 Å². The normalized spacial score (nSPS) is 43.6. The molecule has 0 aromatic carbocycles. The highest BCUT2D eigenvalue weighted by Gasteiger charge is 2.61. The van der Waals surface area contributed by atoms with E-state index in [1.165, 1.54) is 11.1 Å². The van der Waals surface area contributed by atoms with Crippen molar-refractivity contribution in [3.05, 3.63) is 23.8 Å². The third-order valence-corrected chi connectivity index (χ3v) is 4.38. The molecule has 0 aromatic rings. The smallest absolute Gasteiger partial charge is 0.0976 e. The first-order chi connectivity index (χ1) is 8.11. The summed E-state index contributed by atoms with van der Waals surface area (Å²) in [6.07, 6.45) is 7.60. The Labute approximate surface area is 104 Å². The van der Waals surface area contributed by atoms with Crippen molar-refractivity contribution in [1.29, 1.82) is 0 Å².